The standard InChI is InChI=1S/C13H12F5NO6Si/c1-5(20)23-26(24-6(2)21,25-7(3)22)4-19-13-11(17)9(15)8(14)10(16)12(13)18/h19H,4H2,1-3H3. The average molecular weight is 401 g/mol. The summed E-state index contributed by atoms with van der Waals surface area (Å²) in [5.74, 6) is -14.5. The van der Waals surface area contributed by atoms with E-state index in [1.54, 1.807) is 5.32 Å². The van der Waals surface area contributed by atoms with Crippen molar-refractivity contribution >= 4 is 32.4 Å². The van der Waals surface area contributed by atoms with E-state index in [1.165, 1.54) is 0 Å². The van der Waals surface area contributed by atoms with Crippen LogP contribution in [0, 0.1) is 29.1 Å². The molecule has 0 aliphatic heterocycles. The largest absolute Gasteiger partial charge is 0.725 e. The van der Waals surface area contributed by atoms with Gasteiger partial charge in [0.2, 0.25) is 5.82 Å². The normalized spacial score (nSPS) is 10.9. The van der Waals surface area contributed by atoms with Crippen molar-refractivity contribution in [2.45, 2.75) is 20.8 Å². The molecule has 1 aromatic rings. The highest BCUT2D eigenvalue weighted by Gasteiger charge is 2.52. The molecule has 0 aromatic heterocycles. The number of benzene rings is 1. The summed E-state index contributed by atoms with van der Waals surface area (Å²) < 4.78 is 80.9. The van der Waals surface area contributed by atoms with Crippen molar-refractivity contribution in [3.63, 3.8) is 0 Å². The van der Waals surface area contributed by atoms with E-state index >= 15 is 0 Å². The maximum atomic E-state index is 13.7. The van der Waals surface area contributed by atoms with Crippen LogP contribution in [-0.4, -0.2) is 32.9 Å². The predicted molar refractivity (Wildman–Crippen MR) is 75.8 cm³/mol. The van der Waals surface area contributed by atoms with Crippen LogP contribution in [-0.2, 0) is 27.7 Å². The highest BCUT2D eigenvalue weighted by Crippen LogP contribution is 2.27. The van der Waals surface area contributed by atoms with Gasteiger partial charge in [0.1, 0.15) is 11.9 Å². The van der Waals surface area contributed by atoms with Crippen molar-refractivity contribution in [1.82, 2.24) is 0 Å². The highest BCUT2D eigenvalue weighted by molar-refractivity contribution is 6.66. The molecular formula is C13H12F5NO6Si. The molecule has 13 heteroatoms. The van der Waals surface area contributed by atoms with Crippen LogP contribution in [0.25, 0.3) is 0 Å². The minimum absolute atomic E-state index is 0.854. The second kappa shape index (κ2) is 8.12. The van der Waals surface area contributed by atoms with Crippen molar-refractivity contribution in [2.75, 3.05) is 11.5 Å². The van der Waals surface area contributed by atoms with E-state index < -0.39 is 67.7 Å². The van der Waals surface area contributed by atoms with Crippen LogP contribution in [0.3, 0.4) is 0 Å². The number of halogens is 5. The van der Waals surface area contributed by atoms with Crippen LogP contribution in [0.2, 0.25) is 0 Å². The Balaban J connectivity index is 3.30. The molecule has 7 nitrogen and oxygen atoms in total. The van der Waals surface area contributed by atoms with Gasteiger partial charge in [0, 0.05) is 20.8 Å². The summed E-state index contributed by atoms with van der Waals surface area (Å²) in [4.78, 5) is 33.6. The van der Waals surface area contributed by atoms with Crippen molar-refractivity contribution in [2.24, 2.45) is 0 Å². The van der Waals surface area contributed by atoms with E-state index in [0.29, 0.717) is 0 Å². The molecule has 26 heavy (non-hydrogen) atoms. The summed E-state index contributed by atoms with van der Waals surface area (Å²) in [6, 6.07) is 0. The average Bonchev–Trinajstić information content (AvgIpc) is 2.48. The maximum absolute atomic E-state index is 13.7. The summed E-state index contributed by atoms with van der Waals surface area (Å²) in [6.07, 6.45) is -1.04. The molecule has 1 rings (SSSR count). The lowest BCUT2D eigenvalue weighted by Gasteiger charge is -2.26. The number of carbonyl (C=O) groups is 3. The van der Waals surface area contributed by atoms with E-state index in [0.717, 1.165) is 20.8 Å². The smallest absolute Gasteiger partial charge is 0.454 e. The van der Waals surface area contributed by atoms with Crippen LogP contribution in [0.4, 0.5) is 27.6 Å². The zero-order chi connectivity index (χ0) is 20.2. The Kier molecular flexibility index (Phi) is 6.66. The maximum Gasteiger partial charge on any atom is 0.725 e. The van der Waals surface area contributed by atoms with Gasteiger partial charge in [0.25, 0.3) is 17.9 Å². The second-order valence-corrected chi connectivity index (χ2v) is 7.09. The molecule has 0 aliphatic carbocycles. The Morgan fingerprint density at radius 2 is 1.04 bits per heavy atom. The van der Waals surface area contributed by atoms with Gasteiger partial charge in [-0.2, -0.15) is 0 Å². The summed E-state index contributed by atoms with van der Waals surface area (Å²) in [7, 11) is -4.59. The molecule has 0 heterocycles. The topological polar surface area (TPSA) is 90.9 Å². The van der Waals surface area contributed by atoms with E-state index in [1.807, 2.05) is 0 Å². The molecule has 0 saturated carbocycles. The third-order valence-corrected chi connectivity index (χ3v) is 4.99. The van der Waals surface area contributed by atoms with Gasteiger partial charge in [-0.05, 0) is 0 Å². The van der Waals surface area contributed by atoms with Gasteiger partial charge in [-0.25, -0.2) is 22.0 Å². The lowest BCUT2D eigenvalue weighted by molar-refractivity contribution is -0.147. The third-order valence-electron chi connectivity index (χ3n) is 2.59. The first-order valence-electron chi connectivity index (χ1n) is 6.74. The van der Waals surface area contributed by atoms with Crippen molar-refractivity contribution in [1.29, 1.82) is 0 Å². The van der Waals surface area contributed by atoms with Gasteiger partial charge in [0.05, 0.1) is 0 Å². The summed E-state index contributed by atoms with van der Waals surface area (Å²) in [6.45, 7) is 2.56. The van der Waals surface area contributed by atoms with Gasteiger partial charge >= 0.3 is 8.80 Å². The molecule has 0 saturated heterocycles. The van der Waals surface area contributed by atoms with Crippen LogP contribution >= 0.6 is 0 Å². The number of carbonyl (C=O) groups excluding carboxylic acids is 3. The fourth-order valence-electron chi connectivity index (χ4n) is 1.78. The van der Waals surface area contributed by atoms with E-state index in [-0.39, 0.29) is 0 Å². The van der Waals surface area contributed by atoms with Crippen LogP contribution in [0.15, 0.2) is 0 Å². The molecule has 0 amide bonds. The summed E-state index contributed by atoms with van der Waals surface area (Å²) in [5, 5.41) is 1.78. The molecule has 0 unspecified atom stereocenters. The monoisotopic (exact) mass is 401 g/mol. The molecule has 1 aromatic carbocycles. The van der Waals surface area contributed by atoms with Crippen LogP contribution < -0.4 is 5.32 Å². The molecule has 0 radical (unpaired) electrons. The second-order valence-electron chi connectivity index (χ2n) is 4.76. The molecular weight excluding hydrogens is 389 g/mol. The number of anilines is 1. The molecule has 0 atom stereocenters. The van der Waals surface area contributed by atoms with E-state index in [4.69, 9.17) is 13.3 Å². The minimum atomic E-state index is -4.59. The first kappa shape index (κ1) is 21.3. The van der Waals surface area contributed by atoms with Crippen molar-refractivity contribution in [3.05, 3.63) is 29.1 Å². The number of nitrogens with one attached hydrogen (secondary N) is 1. The Morgan fingerprint density at radius 1 is 0.731 bits per heavy atom. The van der Waals surface area contributed by atoms with Crippen molar-refractivity contribution in [3.8, 4) is 0 Å². The first-order valence-corrected chi connectivity index (χ1v) is 8.67. The van der Waals surface area contributed by atoms with Gasteiger partial charge in [0.15, 0.2) is 23.3 Å². The van der Waals surface area contributed by atoms with Gasteiger partial charge in [-0.1, -0.05) is 0 Å². The zero-order valence-electron chi connectivity index (χ0n) is 13.5. The molecule has 0 fully saturated rings. The van der Waals surface area contributed by atoms with E-state index in [9.17, 15) is 36.3 Å². The summed E-state index contributed by atoms with van der Waals surface area (Å²) in [5.41, 5.74) is -1.48. The van der Waals surface area contributed by atoms with Crippen molar-refractivity contribution < 1.29 is 49.6 Å². The van der Waals surface area contributed by atoms with Crippen LogP contribution in [0.1, 0.15) is 20.8 Å². The predicted octanol–water partition coefficient (Wildman–Crippen LogP) is 1.96. The Hall–Kier alpha value is -2.70. The van der Waals surface area contributed by atoms with Gasteiger partial charge in [-0.3, -0.25) is 14.4 Å². The summed E-state index contributed by atoms with van der Waals surface area (Å²) >= 11 is 0. The molecule has 144 valence electrons. The highest BCUT2D eigenvalue weighted by atomic mass is 28.4. The molecule has 0 aliphatic rings. The number of hydrogen-bond acceptors (Lipinski definition) is 7. The SMILES string of the molecule is CC(=O)O[Si](CNc1c(F)c(F)c(F)c(F)c1F)(OC(C)=O)OC(C)=O. The lowest BCUT2D eigenvalue weighted by Crippen LogP contribution is -2.55. The fraction of sp³-hybridized carbons (Fsp3) is 0.308. The fourth-order valence-corrected chi connectivity index (χ4v) is 3.83. The Labute approximate surface area is 144 Å². The molecule has 1 N–H and O–H groups in total. The third kappa shape index (κ3) is 4.90. The van der Waals surface area contributed by atoms with Crippen LogP contribution in [0.5, 0.6) is 0 Å². The number of rotatable bonds is 6. The lowest BCUT2D eigenvalue weighted by atomic mass is 10.2. The minimum Gasteiger partial charge on any atom is -0.454 e. The quantitative estimate of drug-likeness (QED) is 0.337. The Bertz CT molecular complexity index is 689. The Morgan fingerprint density at radius 3 is 1.35 bits per heavy atom. The van der Waals surface area contributed by atoms with Gasteiger partial charge in [-0.15, -0.1) is 0 Å². The number of hydrogen-bond donors (Lipinski definition) is 1. The molecule has 0 spiro atoms. The molecule has 0 bridgehead atoms. The van der Waals surface area contributed by atoms with E-state index in [2.05, 4.69) is 0 Å². The first-order chi connectivity index (χ1) is 11.9. The van der Waals surface area contributed by atoms with Gasteiger partial charge < -0.3 is 18.6 Å². The zero-order valence-corrected chi connectivity index (χ0v) is 14.5.